The maximum atomic E-state index is 13.3. The molecule has 2 aromatic rings. The van der Waals surface area contributed by atoms with E-state index in [1.54, 1.807) is 6.07 Å². The summed E-state index contributed by atoms with van der Waals surface area (Å²) in [4.78, 5) is 12.0. The van der Waals surface area contributed by atoms with Crippen LogP contribution in [0.25, 0.3) is 11.0 Å². The molecule has 1 heterocycles. The monoisotopic (exact) mass is 353 g/mol. The van der Waals surface area contributed by atoms with Crippen molar-refractivity contribution in [3.05, 3.63) is 36.1 Å². The summed E-state index contributed by atoms with van der Waals surface area (Å²) >= 11 is 3.04. The fourth-order valence-corrected chi connectivity index (χ4v) is 3.10. The van der Waals surface area contributed by atoms with Gasteiger partial charge in [0.05, 0.1) is 0 Å². The molecule has 1 aromatic carbocycles. The molecule has 1 amide bonds. The third-order valence-corrected chi connectivity index (χ3v) is 4.84. The summed E-state index contributed by atoms with van der Waals surface area (Å²) in [6.45, 7) is 0.587. The molecule has 1 aromatic heterocycles. The summed E-state index contributed by atoms with van der Waals surface area (Å²) in [5.74, 6) is 0.281. The van der Waals surface area contributed by atoms with Crippen molar-refractivity contribution >= 4 is 32.8 Å². The van der Waals surface area contributed by atoms with Crippen LogP contribution in [0.1, 0.15) is 36.2 Å². The van der Waals surface area contributed by atoms with E-state index in [9.17, 15) is 9.18 Å². The van der Waals surface area contributed by atoms with Crippen molar-refractivity contribution in [2.75, 3.05) is 6.54 Å². The van der Waals surface area contributed by atoms with Crippen molar-refractivity contribution < 1.29 is 13.6 Å². The first-order valence-corrected chi connectivity index (χ1v) is 8.00. The van der Waals surface area contributed by atoms with Crippen LogP contribution in [0.5, 0.6) is 0 Å². The number of hydrogen-bond acceptors (Lipinski definition) is 2. The number of furan rings is 1. The third-order valence-electron chi connectivity index (χ3n) is 3.87. The average molecular weight is 354 g/mol. The van der Waals surface area contributed by atoms with E-state index in [0.29, 0.717) is 24.3 Å². The predicted octanol–water partition coefficient (Wildman–Crippen LogP) is 4.41. The first-order valence-electron chi connectivity index (χ1n) is 7.21. The number of nitrogens with one attached hydrogen (secondary N) is 1. The molecule has 2 atom stereocenters. The predicted molar refractivity (Wildman–Crippen MR) is 83.3 cm³/mol. The van der Waals surface area contributed by atoms with Crippen LogP contribution in [0.15, 0.2) is 34.7 Å². The Labute approximate surface area is 131 Å². The van der Waals surface area contributed by atoms with Gasteiger partial charge >= 0.3 is 0 Å². The number of unbranched alkanes of at least 4 members (excludes halogenated alkanes) is 1. The summed E-state index contributed by atoms with van der Waals surface area (Å²) in [7, 11) is 0. The molecule has 3 nitrogen and oxygen atoms in total. The van der Waals surface area contributed by atoms with E-state index in [1.807, 2.05) is 24.3 Å². The highest BCUT2D eigenvalue weighted by Crippen LogP contribution is 2.54. The largest absolute Gasteiger partial charge is 0.451 e. The lowest BCUT2D eigenvalue weighted by Crippen LogP contribution is -2.23. The fraction of sp³-hybridized carbons (Fsp3) is 0.438. The van der Waals surface area contributed by atoms with Gasteiger partial charge in [0.2, 0.25) is 0 Å². The Morgan fingerprint density at radius 2 is 2.19 bits per heavy atom. The van der Waals surface area contributed by atoms with Gasteiger partial charge in [-0.05, 0) is 47.3 Å². The van der Waals surface area contributed by atoms with Gasteiger partial charge in [0.1, 0.15) is 5.58 Å². The van der Waals surface area contributed by atoms with Crippen molar-refractivity contribution in [2.45, 2.75) is 30.3 Å². The van der Waals surface area contributed by atoms with E-state index in [4.69, 9.17) is 4.42 Å². The standard InChI is InChI=1S/C16H17BrFNO2/c17-16(18)10-12(16)6-3-4-8-19-15(20)14-9-11-5-1-2-7-13(11)21-14/h1-2,5,7,9,12H,3-4,6,8,10H2,(H,19,20). The van der Waals surface area contributed by atoms with Crippen LogP contribution in [0.3, 0.4) is 0 Å². The number of halogens is 2. The zero-order chi connectivity index (χ0) is 14.9. The van der Waals surface area contributed by atoms with Crippen LogP contribution in [-0.4, -0.2) is 17.0 Å². The normalized spacial score (nSPS) is 24.2. The Morgan fingerprint density at radius 1 is 1.43 bits per heavy atom. The molecular weight excluding hydrogens is 337 g/mol. The molecule has 112 valence electrons. The Morgan fingerprint density at radius 3 is 2.90 bits per heavy atom. The van der Waals surface area contributed by atoms with E-state index < -0.39 is 4.58 Å². The van der Waals surface area contributed by atoms with Crippen molar-refractivity contribution in [3.8, 4) is 0 Å². The Kier molecular flexibility index (Phi) is 4.02. The summed E-state index contributed by atoms with van der Waals surface area (Å²) < 4.78 is 17.6. The molecule has 0 spiro atoms. The lowest BCUT2D eigenvalue weighted by atomic mass is 10.2. The quantitative estimate of drug-likeness (QED) is 0.617. The number of carbonyl (C=O) groups excluding carboxylic acids is 1. The molecule has 5 heteroatoms. The van der Waals surface area contributed by atoms with Gasteiger partial charge in [-0.15, -0.1) is 0 Å². The molecular formula is C16H17BrFNO2. The lowest BCUT2D eigenvalue weighted by molar-refractivity contribution is 0.0927. The number of hydrogen-bond donors (Lipinski definition) is 1. The maximum Gasteiger partial charge on any atom is 0.287 e. The van der Waals surface area contributed by atoms with Gasteiger partial charge in [-0.25, -0.2) is 4.39 Å². The minimum atomic E-state index is -1.12. The fourth-order valence-electron chi connectivity index (χ4n) is 2.48. The van der Waals surface area contributed by atoms with Crippen molar-refractivity contribution in [1.29, 1.82) is 0 Å². The highest BCUT2D eigenvalue weighted by molar-refractivity contribution is 9.10. The van der Waals surface area contributed by atoms with Crippen LogP contribution < -0.4 is 5.32 Å². The molecule has 1 N–H and O–H groups in total. The molecule has 1 saturated carbocycles. The number of carbonyl (C=O) groups is 1. The first-order chi connectivity index (χ1) is 10.1. The first kappa shape index (κ1) is 14.6. The smallest absolute Gasteiger partial charge is 0.287 e. The Bertz CT molecular complexity index is 620. The molecule has 2 unspecified atom stereocenters. The summed E-state index contributed by atoms with van der Waals surface area (Å²) in [6.07, 6.45) is 3.24. The average Bonchev–Trinajstić information content (AvgIpc) is 2.88. The van der Waals surface area contributed by atoms with E-state index >= 15 is 0 Å². The SMILES string of the molecule is O=C(NCCCCC1CC1(F)Br)c1cc2ccccc2o1. The number of para-hydroxylation sites is 1. The molecule has 1 aliphatic rings. The van der Waals surface area contributed by atoms with Gasteiger partial charge in [0.25, 0.3) is 5.91 Å². The van der Waals surface area contributed by atoms with Crippen LogP contribution in [0.2, 0.25) is 0 Å². The van der Waals surface area contributed by atoms with Gasteiger partial charge < -0.3 is 9.73 Å². The zero-order valence-electron chi connectivity index (χ0n) is 11.6. The second kappa shape index (κ2) is 5.79. The summed E-state index contributed by atoms with van der Waals surface area (Å²) in [5.41, 5.74) is 0.716. The number of alkyl halides is 2. The number of fused-ring (bicyclic) bond motifs is 1. The second-order valence-corrected chi connectivity index (χ2v) is 6.88. The molecule has 1 aliphatic carbocycles. The van der Waals surface area contributed by atoms with Gasteiger partial charge in [-0.1, -0.05) is 24.6 Å². The Balaban J connectivity index is 1.42. The highest BCUT2D eigenvalue weighted by Gasteiger charge is 2.52. The molecule has 1 fully saturated rings. The van der Waals surface area contributed by atoms with Crippen LogP contribution >= 0.6 is 15.9 Å². The van der Waals surface area contributed by atoms with Crippen LogP contribution in [0, 0.1) is 5.92 Å². The molecule has 21 heavy (non-hydrogen) atoms. The molecule has 0 radical (unpaired) electrons. The second-order valence-electron chi connectivity index (χ2n) is 5.56. The highest BCUT2D eigenvalue weighted by atomic mass is 79.9. The maximum absolute atomic E-state index is 13.3. The van der Waals surface area contributed by atoms with Gasteiger partial charge in [-0.3, -0.25) is 4.79 Å². The van der Waals surface area contributed by atoms with Crippen molar-refractivity contribution in [1.82, 2.24) is 5.32 Å². The number of benzene rings is 1. The third kappa shape index (κ3) is 3.46. The van der Waals surface area contributed by atoms with Crippen molar-refractivity contribution in [2.24, 2.45) is 5.92 Å². The van der Waals surface area contributed by atoms with E-state index in [1.165, 1.54) is 0 Å². The Hall–Kier alpha value is -1.36. The van der Waals surface area contributed by atoms with E-state index in [-0.39, 0.29) is 11.8 Å². The van der Waals surface area contributed by atoms with Crippen LogP contribution in [-0.2, 0) is 0 Å². The van der Waals surface area contributed by atoms with E-state index in [0.717, 1.165) is 24.6 Å². The minimum Gasteiger partial charge on any atom is -0.451 e. The molecule has 0 aliphatic heterocycles. The summed E-state index contributed by atoms with van der Waals surface area (Å²) in [5, 5.41) is 3.76. The van der Waals surface area contributed by atoms with Gasteiger partial charge in [0, 0.05) is 17.8 Å². The van der Waals surface area contributed by atoms with Gasteiger partial charge in [-0.2, -0.15) is 0 Å². The van der Waals surface area contributed by atoms with Crippen molar-refractivity contribution in [3.63, 3.8) is 0 Å². The minimum absolute atomic E-state index is 0.142. The van der Waals surface area contributed by atoms with Crippen LogP contribution in [0.4, 0.5) is 4.39 Å². The van der Waals surface area contributed by atoms with E-state index in [2.05, 4.69) is 21.2 Å². The summed E-state index contributed by atoms with van der Waals surface area (Å²) in [6, 6.07) is 9.28. The van der Waals surface area contributed by atoms with Gasteiger partial charge in [0.15, 0.2) is 10.3 Å². The molecule has 0 saturated heterocycles. The number of amides is 1. The topological polar surface area (TPSA) is 42.2 Å². The molecule has 3 rings (SSSR count). The lowest BCUT2D eigenvalue weighted by Gasteiger charge is -2.03. The zero-order valence-corrected chi connectivity index (χ0v) is 13.2. The number of rotatable bonds is 6. The molecule has 0 bridgehead atoms.